The van der Waals surface area contributed by atoms with Gasteiger partial charge in [-0.25, -0.2) is 0 Å². The van der Waals surface area contributed by atoms with Crippen LogP contribution in [0.2, 0.25) is 0 Å². The number of nitrogens with zero attached hydrogens (tertiary/aromatic N) is 2. The largest absolute Gasteiger partial charge is 0.381 e. The fourth-order valence-corrected chi connectivity index (χ4v) is 2.27. The maximum atomic E-state index is 12.2. The van der Waals surface area contributed by atoms with Gasteiger partial charge in [-0.15, -0.1) is 0 Å². The maximum Gasteiger partial charge on any atom is 0.270 e. The number of carbonyl (C=O) groups excluding carboxylic acids is 1. The van der Waals surface area contributed by atoms with Gasteiger partial charge < -0.3 is 15.8 Å². The highest BCUT2D eigenvalue weighted by atomic mass is 16.5. The second kappa shape index (κ2) is 5.07. The van der Waals surface area contributed by atoms with Crippen molar-refractivity contribution in [2.24, 2.45) is 12.8 Å². The predicted octanol–water partition coefficient (Wildman–Crippen LogP) is -0.0338. The Morgan fingerprint density at radius 3 is 2.78 bits per heavy atom. The Hall–Kier alpha value is -1.40. The van der Waals surface area contributed by atoms with Crippen LogP contribution >= 0.6 is 0 Å². The van der Waals surface area contributed by atoms with Crippen LogP contribution in [0, 0.1) is 6.92 Å². The first-order valence-corrected chi connectivity index (χ1v) is 6.17. The molecule has 0 spiro atoms. The van der Waals surface area contributed by atoms with Crippen molar-refractivity contribution in [1.82, 2.24) is 15.1 Å². The molecule has 0 aromatic carbocycles. The van der Waals surface area contributed by atoms with Crippen molar-refractivity contribution < 1.29 is 9.53 Å². The predicted molar refractivity (Wildman–Crippen MR) is 67.2 cm³/mol. The molecule has 18 heavy (non-hydrogen) atoms. The Kier molecular flexibility index (Phi) is 3.68. The molecule has 100 valence electrons. The number of hydrogen-bond acceptors (Lipinski definition) is 4. The summed E-state index contributed by atoms with van der Waals surface area (Å²) in [7, 11) is 1.76. The van der Waals surface area contributed by atoms with Crippen molar-refractivity contribution in [1.29, 1.82) is 0 Å². The molecule has 3 N–H and O–H groups in total. The number of nitrogens with two attached hydrogens (primary N) is 1. The minimum atomic E-state index is -0.340. The molecule has 0 atom stereocenters. The molecule has 2 rings (SSSR count). The van der Waals surface area contributed by atoms with Gasteiger partial charge >= 0.3 is 0 Å². The van der Waals surface area contributed by atoms with Crippen LogP contribution in [0.3, 0.4) is 0 Å². The molecule has 1 aliphatic heterocycles. The average Bonchev–Trinajstić information content (AvgIpc) is 2.70. The molecule has 0 bridgehead atoms. The standard InChI is InChI=1S/C12H20N4O2/c1-9-7-10(16(2)15-9)11(17)14-12(8-13)3-5-18-6-4-12/h7H,3-6,8,13H2,1-2H3,(H,14,17). The van der Waals surface area contributed by atoms with Gasteiger partial charge in [-0.3, -0.25) is 9.48 Å². The molecule has 0 aliphatic carbocycles. The summed E-state index contributed by atoms with van der Waals surface area (Å²) in [6, 6.07) is 1.78. The van der Waals surface area contributed by atoms with Gasteiger partial charge in [0.15, 0.2) is 0 Å². The van der Waals surface area contributed by atoms with E-state index in [1.54, 1.807) is 17.8 Å². The van der Waals surface area contributed by atoms with E-state index in [1.807, 2.05) is 6.92 Å². The summed E-state index contributed by atoms with van der Waals surface area (Å²) >= 11 is 0. The Morgan fingerprint density at radius 2 is 2.28 bits per heavy atom. The van der Waals surface area contributed by atoms with Crippen molar-refractivity contribution >= 4 is 5.91 Å². The van der Waals surface area contributed by atoms with E-state index in [9.17, 15) is 4.79 Å². The van der Waals surface area contributed by atoms with Crippen molar-refractivity contribution in [2.45, 2.75) is 25.3 Å². The number of rotatable bonds is 3. The third-order valence-corrected chi connectivity index (χ3v) is 3.45. The number of nitrogens with one attached hydrogen (secondary N) is 1. The highest BCUT2D eigenvalue weighted by Crippen LogP contribution is 2.20. The quantitative estimate of drug-likeness (QED) is 0.791. The average molecular weight is 252 g/mol. The lowest BCUT2D eigenvalue weighted by atomic mass is 9.90. The highest BCUT2D eigenvalue weighted by molar-refractivity contribution is 5.93. The Morgan fingerprint density at radius 1 is 1.61 bits per heavy atom. The first-order chi connectivity index (χ1) is 8.56. The van der Waals surface area contributed by atoms with E-state index >= 15 is 0 Å². The molecule has 2 heterocycles. The van der Waals surface area contributed by atoms with Crippen LogP contribution in [0.4, 0.5) is 0 Å². The van der Waals surface area contributed by atoms with E-state index < -0.39 is 0 Å². The van der Waals surface area contributed by atoms with E-state index in [2.05, 4.69) is 10.4 Å². The van der Waals surface area contributed by atoms with E-state index in [1.165, 1.54) is 0 Å². The van der Waals surface area contributed by atoms with Crippen LogP contribution in [0.15, 0.2) is 6.07 Å². The van der Waals surface area contributed by atoms with E-state index in [-0.39, 0.29) is 11.4 Å². The molecular weight excluding hydrogens is 232 g/mol. The molecule has 0 saturated carbocycles. The third kappa shape index (κ3) is 2.54. The van der Waals surface area contributed by atoms with Gasteiger partial charge in [0.05, 0.1) is 11.2 Å². The maximum absolute atomic E-state index is 12.2. The molecule has 6 nitrogen and oxygen atoms in total. The van der Waals surface area contributed by atoms with E-state index in [0.29, 0.717) is 25.5 Å². The Bertz CT molecular complexity index is 435. The highest BCUT2D eigenvalue weighted by Gasteiger charge is 2.33. The van der Waals surface area contributed by atoms with Crippen LogP contribution in [-0.2, 0) is 11.8 Å². The van der Waals surface area contributed by atoms with Gasteiger partial charge in [0.25, 0.3) is 5.91 Å². The van der Waals surface area contributed by atoms with Gasteiger partial charge in [-0.05, 0) is 25.8 Å². The van der Waals surface area contributed by atoms with Gasteiger partial charge in [0.1, 0.15) is 5.69 Å². The zero-order valence-electron chi connectivity index (χ0n) is 10.9. The summed E-state index contributed by atoms with van der Waals surface area (Å²) in [5.41, 5.74) is 6.87. The molecule has 0 radical (unpaired) electrons. The summed E-state index contributed by atoms with van der Waals surface area (Å²) in [4.78, 5) is 12.2. The Labute approximate surface area is 106 Å². The number of amides is 1. The molecule has 1 amide bonds. The number of hydrogen-bond donors (Lipinski definition) is 2. The lowest BCUT2D eigenvalue weighted by Crippen LogP contribution is -2.56. The second-order valence-corrected chi connectivity index (χ2v) is 4.85. The number of ether oxygens (including phenoxy) is 1. The van der Waals surface area contributed by atoms with Gasteiger partial charge in [-0.1, -0.05) is 0 Å². The first kappa shape index (κ1) is 13.0. The molecule has 1 aromatic heterocycles. The fraction of sp³-hybridized carbons (Fsp3) is 0.667. The zero-order chi connectivity index (χ0) is 13.2. The van der Waals surface area contributed by atoms with Crippen LogP contribution < -0.4 is 11.1 Å². The fourth-order valence-electron chi connectivity index (χ4n) is 2.27. The SMILES string of the molecule is Cc1cc(C(=O)NC2(CN)CCOCC2)n(C)n1. The summed E-state index contributed by atoms with van der Waals surface area (Å²) in [5.74, 6) is -0.120. The zero-order valence-corrected chi connectivity index (χ0v) is 10.9. The van der Waals surface area contributed by atoms with Crippen molar-refractivity contribution in [2.75, 3.05) is 19.8 Å². The van der Waals surface area contributed by atoms with Gasteiger partial charge in [0, 0.05) is 26.8 Å². The van der Waals surface area contributed by atoms with Gasteiger partial charge in [-0.2, -0.15) is 5.10 Å². The lowest BCUT2D eigenvalue weighted by Gasteiger charge is -2.36. The minimum absolute atomic E-state index is 0.120. The number of aromatic nitrogens is 2. The number of carbonyl (C=O) groups is 1. The van der Waals surface area contributed by atoms with Crippen LogP contribution in [-0.4, -0.2) is 41.0 Å². The molecule has 0 unspecified atom stereocenters. The van der Waals surface area contributed by atoms with Crippen molar-refractivity contribution in [3.05, 3.63) is 17.5 Å². The van der Waals surface area contributed by atoms with E-state index in [4.69, 9.17) is 10.5 Å². The van der Waals surface area contributed by atoms with Crippen LogP contribution in [0.5, 0.6) is 0 Å². The molecule has 1 fully saturated rings. The van der Waals surface area contributed by atoms with E-state index in [0.717, 1.165) is 18.5 Å². The summed E-state index contributed by atoms with van der Waals surface area (Å²) in [6.45, 7) is 3.58. The summed E-state index contributed by atoms with van der Waals surface area (Å²) < 4.78 is 6.91. The van der Waals surface area contributed by atoms with Crippen molar-refractivity contribution in [3.8, 4) is 0 Å². The minimum Gasteiger partial charge on any atom is -0.381 e. The monoisotopic (exact) mass is 252 g/mol. The second-order valence-electron chi connectivity index (χ2n) is 4.85. The van der Waals surface area contributed by atoms with Crippen LogP contribution in [0.25, 0.3) is 0 Å². The number of aryl methyl sites for hydroxylation is 2. The smallest absolute Gasteiger partial charge is 0.270 e. The Balaban J connectivity index is 2.12. The molecule has 1 aromatic rings. The summed E-state index contributed by atoms with van der Waals surface area (Å²) in [5, 5.41) is 7.22. The van der Waals surface area contributed by atoms with Crippen LogP contribution in [0.1, 0.15) is 29.0 Å². The molecule has 6 heteroatoms. The van der Waals surface area contributed by atoms with Crippen molar-refractivity contribution in [3.63, 3.8) is 0 Å². The summed E-state index contributed by atoms with van der Waals surface area (Å²) in [6.07, 6.45) is 1.51. The lowest BCUT2D eigenvalue weighted by molar-refractivity contribution is 0.0386. The topological polar surface area (TPSA) is 82.2 Å². The third-order valence-electron chi connectivity index (χ3n) is 3.45. The normalized spacial score (nSPS) is 18.6. The van der Waals surface area contributed by atoms with Gasteiger partial charge in [0.2, 0.25) is 0 Å². The first-order valence-electron chi connectivity index (χ1n) is 6.17. The molecule has 1 aliphatic rings. The molecule has 1 saturated heterocycles. The molecular formula is C12H20N4O2.